The number of nitrogens with two attached hydrogens (primary N) is 2. The Morgan fingerprint density at radius 2 is 1.31 bits per heavy atom. The van der Waals surface area contributed by atoms with Crippen LogP contribution in [0.25, 0.3) is 0 Å². The van der Waals surface area contributed by atoms with Gasteiger partial charge in [0.05, 0.1) is 44.0 Å². The van der Waals surface area contributed by atoms with Gasteiger partial charge in [-0.2, -0.15) is 0 Å². The number of carboxylic acids is 2. The van der Waals surface area contributed by atoms with Gasteiger partial charge in [0.25, 0.3) is 0 Å². The Bertz CT molecular complexity index is 1900. The summed E-state index contributed by atoms with van der Waals surface area (Å²) in [6.07, 6.45) is 9.08. The molecule has 0 aromatic carbocycles. The average molecular weight is 900 g/mol. The van der Waals surface area contributed by atoms with Crippen LogP contribution in [0, 0.1) is 40.9 Å². The lowest BCUT2D eigenvalue weighted by Crippen LogP contribution is -2.58. The molecule has 0 aromatic heterocycles. The number of nitrogens with one attached hydrogen (secondary N) is 7. The summed E-state index contributed by atoms with van der Waals surface area (Å²) in [5.74, 6) is -9.03. The summed E-state index contributed by atoms with van der Waals surface area (Å²) in [7, 11) is 0. The molecule has 2 saturated heterocycles. The molecule has 11 atom stereocenters. The number of unbranched alkanes of at least 4 members (excludes halogenated alkanes) is 1. The first-order valence-corrected chi connectivity index (χ1v) is 21.3. The highest BCUT2D eigenvalue weighted by Crippen LogP contribution is 2.58. The lowest BCUT2D eigenvalue weighted by Gasteiger charge is -2.51. The second-order valence-electron chi connectivity index (χ2n) is 16.6. The highest BCUT2D eigenvalue weighted by Gasteiger charge is 2.62. The number of imide groups is 1. The summed E-state index contributed by atoms with van der Waals surface area (Å²) in [6, 6.07) is -6.97. The number of carbonyl (C=O) groups excluding carboxylic acids is 8. The number of amides is 8. The summed E-state index contributed by atoms with van der Waals surface area (Å²) < 4.78 is 0. The molecule has 2 aliphatic heterocycles. The summed E-state index contributed by atoms with van der Waals surface area (Å²) >= 11 is 0. The molecule has 64 heavy (non-hydrogen) atoms. The summed E-state index contributed by atoms with van der Waals surface area (Å²) in [5.41, 5.74) is 11.4. The predicted octanol–water partition coefficient (Wildman–Crippen LogP) is -4.80. The van der Waals surface area contributed by atoms with Gasteiger partial charge in [-0.25, -0.2) is 4.79 Å². The van der Waals surface area contributed by atoms with E-state index in [0.717, 1.165) is 4.90 Å². The number of hydrogen-bond acceptors (Lipinski definition) is 13. The third kappa shape index (κ3) is 11.6. The van der Waals surface area contributed by atoms with Crippen LogP contribution in [-0.4, -0.2) is 160 Å². The van der Waals surface area contributed by atoms with Crippen molar-refractivity contribution in [3.63, 3.8) is 0 Å². The number of allylic oxidation sites excluding steroid dienone is 4. The topological polar surface area (TPSA) is 386 Å². The standard InChI is InChI=1S/C40H57N11O13/c41-23(5-1-2-13-51-37(61)31-21-10-11-22(32(31)38(51)62)20-9-8-19(20)21)33(57)45-16-28(53)47-24(6-3-12-44-40(42)43)34(58)46-17-29(54)48-25(15-30(55)56)35(59)49-26(18-52)36(60)50-14-4-7-27(50)39(63)64/h8-11,19-27,31-32,52H,1-7,12-18,41H2,(H,45,57)(H,46,58)(H,47,53)(H,48,54)(H,49,59)(H,55,56)(H,63,64)(H4,42,43,44)/t19-,20?,21?,22?,23+,24?,25?,26?,27?,31?,32+/m1/s1. The largest absolute Gasteiger partial charge is 0.481 e. The van der Waals surface area contributed by atoms with Crippen molar-refractivity contribution in [2.24, 2.45) is 47.0 Å². The lowest BCUT2D eigenvalue weighted by atomic mass is 9.50. The van der Waals surface area contributed by atoms with Gasteiger partial charge < -0.3 is 63.6 Å². The Kier molecular flexibility index (Phi) is 16.5. The minimum absolute atomic E-state index is 0.0281. The average Bonchev–Trinajstić information content (AvgIpc) is 3.83. The quantitative estimate of drug-likeness (QED) is 0.0142. The molecule has 0 spiro atoms. The maximum absolute atomic E-state index is 13.3. The normalized spacial score (nSPS) is 25.4. The monoisotopic (exact) mass is 899 g/mol. The van der Waals surface area contributed by atoms with E-state index in [4.69, 9.17) is 16.9 Å². The summed E-state index contributed by atoms with van der Waals surface area (Å²) in [4.78, 5) is 130. The van der Waals surface area contributed by atoms with Gasteiger partial charge in [0, 0.05) is 19.6 Å². The minimum Gasteiger partial charge on any atom is -0.481 e. The zero-order valence-electron chi connectivity index (χ0n) is 35.0. The van der Waals surface area contributed by atoms with Crippen LogP contribution in [0.4, 0.5) is 0 Å². The van der Waals surface area contributed by atoms with Crippen molar-refractivity contribution in [2.45, 2.75) is 81.6 Å². The molecule has 350 valence electrons. The smallest absolute Gasteiger partial charge is 0.326 e. The molecule has 24 nitrogen and oxygen atoms in total. The van der Waals surface area contributed by atoms with Crippen LogP contribution in [-0.2, 0) is 47.9 Å². The van der Waals surface area contributed by atoms with E-state index in [-0.39, 0.29) is 86.8 Å². The van der Waals surface area contributed by atoms with Crippen LogP contribution >= 0.6 is 0 Å². The molecule has 0 radical (unpaired) electrons. The van der Waals surface area contributed by atoms with E-state index in [2.05, 4.69) is 56.2 Å². The van der Waals surface area contributed by atoms with Gasteiger partial charge in [-0.15, -0.1) is 0 Å². The molecule has 2 bridgehead atoms. The maximum Gasteiger partial charge on any atom is 0.326 e. The molecular weight excluding hydrogens is 843 g/mol. The Morgan fingerprint density at radius 1 is 0.734 bits per heavy atom. The minimum atomic E-state index is -1.80. The first-order chi connectivity index (χ1) is 30.4. The number of carbonyl (C=O) groups is 10. The van der Waals surface area contributed by atoms with Gasteiger partial charge in [0.15, 0.2) is 5.96 Å². The van der Waals surface area contributed by atoms with Crippen molar-refractivity contribution in [1.29, 1.82) is 5.41 Å². The van der Waals surface area contributed by atoms with Crippen molar-refractivity contribution < 1.29 is 63.3 Å². The van der Waals surface area contributed by atoms with Gasteiger partial charge in [-0.05, 0) is 68.6 Å². The Hall–Kier alpha value is -6.43. The van der Waals surface area contributed by atoms with Crippen molar-refractivity contribution in [1.82, 2.24) is 41.7 Å². The Labute approximate surface area is 367 Å². The number of aliphatic carboxylic acids is 2. The molecule has 0 aromatic rings. The predicted molar refractivity (Wildman–Crippen MR) is 220 cm³/mol. The molecule has 24 heteroatoms. The third-order valence-electron chi connectivity index (χ3n) is 12.4. The van der Waals surface area contributed by atoms with E-state index >= 15 is 0 Å². The highest BCUT2D eigenvalue weighted by atomic mass is 16.4. The van der Waals surface area contributed by atoms with Gasteiger partial charge in [-0.3, -0.25) is 53.5 Å². The number of aliphatic hydroxyl groups is 1. The molecular formula is C40H57N11O13. The number of nitrogens with zero attached hydrogens (tertiary/aromatic N) is 2. The number of carboxylic acid groups (broad SMARTS) is 2. The third-order valence-corrected chi connectivity index (χ3v) is 12.4. The number of aliphatic hydroxyl groups excluding tert-OH is 1. The van der Waals surface area contributed by atoms with Crippen LogP contribution < -0.4 is 43.4 Å². The van der Waals surface area contributed by atoms with Crippen molar-refractivity contribution in [3.05, 3.63) is 24.3 Å². The van der Waals surface area contributed by atoms with E-state index in [1.807, 2.05) is 0 Å². The zero-order chi connectivity index (χ0) is 46.8. The van der Waals surface area contributed by atoms with Crippen LogP contribution in [0.15, 0.2) is 24.3 Å². The summed E-state index contributed by atoms with van der Waals surface area (Å²) in [6.45, 7) is -2.00. The molecule has 1 saturated carbocycles. The fraction of sp³-hybridized carbons (Fsp3) is 0.625. The molecule has 14 N–H and O–H groups in total. The van der Waals surface area contributed by atoms with Crippen LogP contribution in [0.3, 0.4) is 0 Å². The van der Waals surface area contributed by atoms with E-state index in [1.165, 1.54) is 4.90 Å². The van der Waals surface area contributed by atoms with E-state index in [9.17, 15) is 63.3 Å². The van der Waals surface area contributed by atoms with E-state index in [1.54, 1.807) is 0 Å². The second kappa shape index (κ2) is 21.8. The van der Waals surface area contributed by atoms with Gasteiger partial charge in [0.2, 0.25) is 47.3 Å². The van der Waals surface area contributed by atoms with Crippen LogP contribution in [0.5, 0.6) is 0 Å². The van der Waals surface area contributed by atoms with Crippen molar-refractivity contribution in [2.75, 3.05) is 39.3 Å². The first kappa shape index (κ1) is 48.6. The van der Waals surface area contributed by atoms with Crippen LogP contribution in [0.2, 0.25) is 0 Å². The van der Waals surface area contributed by atoms with Crippen molar-refractivity contribution in [3.8, 4) is 0 Å². The fourth-order valence-electron chi connectivity index (χ4n) is 9.15. The zero-order valence-corrected chi connectivity index (χ0v) is 35.0. The van der Waals surface area contributed by atoms with Gasteiger partial charge in [0.1, 0.15) is 24.2 Å². The summed E-state index contributed by atoms with van der Waals surface area (Å²) in [5, 5.41) is 49.9. The molecule has 8 unspecified atom stereocenters. The van der Waals surface area contributed by atoms with Crippen LogP contribution in [0.1, 0.15) is 51.4 Å². The van der Waals surface area contributed by atoms with Crippen molar-refractivity contribution >= 4 is 65.2 Å². The van der Waals surface area contributed by atoms with E-state index in [0.29, 0.717) is 31.1 Å². The first-order valence-electron chi connectivity index (χ1n) is 21.3. The molecule has 6 aliphatic rings. The maximum atomic E-state index is 13.3. The van der Waals surface area contributed by atoms with E-state index < -0.39 is 104 Å². The number of likely N-dealkylation sites (tertiary alicyclic amines) is 2. The molecule has 3 fully saturated rings. The number of hydrogen-bond donors (Lipinski definition) is 12. The highest BCUT2D eigenvalue weighted by molar-refractivity contribution is 6.06. The molecule has 8 amide bonds. The number of rotatable bonds is 24. The molecule has 4 aliphatic carbocycles. The second-order valence-corrected chi connectivity index (χ2v) is 16.6. The lowest BCUT2D eigenvalue weighted by molar-refractivity contribution is -0.150. The molecule has 6 rings (SSSR count). The van der Waals surface area contributed by atoms with Gasteiger partial charge in [-0.1, -0.05) is 24.3 Å². The fourth-order valence-corrected chi connectivity index (χ4v) is 9.15. The SMILES string of the molecule is N=C(N)NCCCC(NC(=O)CNC(=O)[C@@H](N)CCCCN1C(=O)C2C3C=CC(C4C=C[C@H]43)[C@@H]2C1=O)C(=O)NCC(=O)NC(CC(=O)O)C(=O)NC(CO)C(=O)N1CCCC1C(=O)O. The van der Waals surface area contributed by atoms with Gasteiger partial charge >= 0.3 is 11.9 Å². The molecule has 2 heterocycles. The number of guanidine groups is 1. The Morgan fingerprint density at radius 3 is 1.86 bits per heavy atom. The Balaban J connectivity index is 1.06.